The lowest BCUT2D eigenvalue weighted by molar-refractivity contribution is -0.000724. The molecule has 10 rings (SSSR count). The van der Waals surface area contributed by atoms with Gasteiger partial charge in [-0.05, 0) is 134 Å². The van der Waals surface area contributed by atoms with Crippen LogP contribution < -0.4 is 15.0 Å². The smallest absolute Gasteiger partial charge is 0.252 e. The highest BCUT2D eigenvalue weighted by Gasteiger charge is 2.49. The van der Waals surface area contributed by atoms with E-state index in [9.17, 15) is 9.90 Å². The van der Waals surface area contributed by atoms with Crippen molar-refractivity contribution in [3.63, 3.8) is 0 Å². The molecular weight excluding hydrogens is 650 g/mol. The van der Waals surface area contributed by atoms with Gasteiger partial charge in [0.05, 0.1) is 12.3 Å². The number of aryl methyl sites for hydroxylation is 1. The molecule has 52 heavy (non-hydrogen) atoms. The SMILES string of the molecule is O=C1NCc2c1ccc1c2OCC12CCN(CC1CC3(CCN(c4ccc(C5c6ccc(O)cc6CCC5c5ccccc5)cc4F)CC3)C1)CC2. The van der Waals surface area contributed by atoms with Gasteiger partial charge in [0.25, 0.3) is 5.91 Å². The van der Waals surface area contributed by atoms with Gasteiger partial charge in [-0.1, -0.05) is 48.5 Å². The highest BCUT2D eigenvalue weighted by molar-refractivity contribution is 5.99. The molecule has 6 nitrogen and oxygen atoms in total. The lowest BCUT2D eigenvalue weighted by Crippen LogP contribution is -2.51. The number of ether oxygens (including phenoxy) is 1. The first-order valence-corrected chi connectivity index (χ1v) is 19.6. The molecule has 2 spiro atoms. The fourth-order valence-electron chi connectivity index (χ4n) is 11.3. The second kappa shape index (κ2) is 12.4. The minimum absolute atomic E-state index is 0.0182. The van der Waals surface area contributed by atoms with Crippen molar-refractivity contribution < 1.29 is 19.0 Å². The normalized spacial score (nSPS) is 24.6. The standard InChI is InChI=1S/C45H48FN3O3/c46-39-23-32(41-34(30-4-2-1-3-5-30)9-6-31-22-33(50)8-10-35(31)41)7-13-40(39)49-20-14-44(15-21-49)24-29(25-44)27-48-18-16-45(17-19-48)28-52-42-37-26-47-43(51)36(37)11-12-38(42)45/h1-5,7-8,10-13,22-23,29,34,41,50H,6,9,14-21,24-28H2,(H,47,51). The topological polar surface area (TPSA) is 65.0 Å². The van der Waals surface area contributed by atoms with E-state index in [-0.39, 0.29) is 29.0 Å². The molecule has 1 amide bonds. The van der Waals surface area contributed by atoms with Crippen LogP contribution in [-0.2, 0) is 18.4 Å². The van der Waals surface area contributed by atoms with E-state index in [1.54, 1.807) is 12.1 Å². The highest BCUT2D eigenvalue weighted by Crippen LogP contribution is 2.54. The summed E-state index contributed by atoms with van der Waals surface area (Å²) in [6, 6.07) is 26.5. The second-order valence-electron chi connectivity index (χ2n) is 16.9. The van der Waals surface area contributed by atoms with Crippen molar-refractivity contribution in [1.82, 2.24) is 10.2 Å². The molecule has 4 aromatic carbocycles. The number of benzene rings is 4. The Morgan fingerprint density at radius 1 is 0.885 bits per heavy atom. The van der Waals surface area contributed by atoms with Crippen molar-refractivity contribution in [2.75, 3.05) is 44.2 Å². The maximum Gasteiger partial charge on any atom is 0.252 e. The summed E-state index contributed by atoms with van der Waals surface area (Å²) in [6.07, 6.45) is 8.96. The van der Waals surface area contributed by atoms with Gasteiger partial charge < -0.3 is 25.0 Å². The molecule has 0 radical (unpaired) electrons. The first-order chi connectivity index (χ1) is 25.4. The first-order valence-electron chi connectivity index (χ1n) is 19.6. The Morgan fingerprint density at radius 2 is 1.69 bits per heavy atom. The maximum absolute atomic E-state index is 16.1. The van der Waals surface area contributed by atoms with E-state index in [1.165, 1.54) is 41.6 Å². The molecular formula is C45H48FN3O3. The van der Waals surface area contributed by atoms with Gasteiger partial charge in [0.15, 0.2) is 0 Å². The fraction of sp³-hybridized carbons (Fsp3) is 0.444. The summed E-state index contributed by atoms with van der Waals surface area (Å²) in [5.74, 6) is 2.23. The fourth-order valence-corrected chi connectivity index (χ4v) is 11.3. The first kappa shape index (κ1) is 32.3. The van der Waals surface area contributed by atoms with Gasteiger partial charge in [0.1, 0.15) is 17.3 Å². The predicted octanol–water partition coefficient (Wildman–Crippen LogP) is 8.06. The number of phenolic OH excluding ortho intramolecular Hbond substituents is 1. The van der Waals surface area contributed by atoms with E-state index in [0.717, 1.165) is 105 Å². The number of amides is 1. The largest absolute Gasteiger partial charge is 0.508 e. The van der Waals surface area contributed by atoms with Gasteiger partial charge in [-0.2, -0.15) is 0 Å². The number of phenols is 1. The molecule has 6 aliphatic rings. The van der Waals surface area contributed by atoms with Gasteiger partial charge in [0, 0.05) is 54.2 Å². The van der Waals surface area contributed by atoms with Crippen molar-refractivity contribution in [1.29, 1.82) is 0 Å². The molecule has 0 bridgehead atoms. The number of fused-ring (bicyclic) bond motifs is 5. The van der Waals surface area contributed by atoms with Gasteiger partial charge >= 0.3 is 0 Å². The summed E-state index contributed by atoms with van der Waals surface area (Å²) in [4.78, 5) is 17.1. The Labute approximate surface area is 306 Å². The zero-order valence-electron chi connectivity index (χ0n) is 29.9. The Hall–Kier alpha value is -4.36. The van der Waals surface area contributed by atoms with Crippen molar-refractivity contribution in [2.24, 2.45) is 11.3 Å². The average molecular weight is 698 g/mol. The van der Waals surface area contributed by atoms with Crippen LogP contribution in [0.1, 0.15) is 101 Å². The monoisotopic (exact) mass is 697 g/mol. The number of hydrogen-bond acceptors (Lipinski definition) is 5. The van der Waals surface area contributed by atoms with E-state index in [4.69, 9.17) is 4.74 Å². The minimum Gasteiger partial charge on any atom is -0.508 e. The van der Waals surface area contributed by atoms with Crippen LogP contribution in [0.3, 0.4) is 0 Å². The molecule has 7 heteroatoms. The highest BCUT2D eigenvalue weighted by atomic mass is 19.1. The van der Waals surface area contributed by atoms with Crippen LogP contribution in [0.15, 0.2) is 78.9 Å². The van der Waals surface area contributed by atoms with Crippen LogP contribution in [0, 0.1) is 17.2 Å². The second-order valence-corrected chi connectivity index (χ2v) is 16.9. The number of halogens is 1. The summed E-state index contributed by atoms with van der Waals surface area (Å²) in [5, 5.41) is 13.2. The van der Waals surface area contributed by atoms with Crippen molar-refractivity contribution in [2.45, 2.75) is 75.2 Å². The van der Waals surface area contributed by atoms with Gasteiger partial charge in [-0.25, -0.2) is 4.39 Å². The molecule has 3 fully saturated rings. The molecule has 2 N–H and O–H groups in total. The number of nitrogens with one attached hydrogen (secondary N) is 1. The number of piperidine rings is 2. The number of aromatic hydroxyl groups is 1. The molecule has 4 heterocycles. The quantitative estimate of drug-likeness (QED) is 0.221. The van der Waals surface area contributed by atoms with Crippen LogP contribution >= 0.6 is 0 Å². The molecule has 4 aromatic rings. The maximum atomic E-state index is 16.1. The number of likely N-dealkylation sites (tertiary alicyclic amines) is 1. The zero-order chi connectivity index (χ0) is 35.0. The lowest BCUT2D eigenvalue weighted by atomic mass is 9.57. The summed E-state index contributed by atoms with van der Waals surface area (Å²) in [7, 11) is 0. The summed E-state index contributed by atoms with van der Waals surface area (Å²) >= 11 is 0. The van der Waals surface area contributed by atoms with E-state index in [1.807, 2.05) is 24.3 Å². The van der Waals surface area contributed by atoms with Gasteiger partial charge in [-0.15, -0.1) is 0 Å². The molecule has 268 valence electrons. The van der Waals surface area contributed by atoms with E-state index in [0.29, 0.717) is 17.7 Å². The Kier molecular flexibility index (Phi) is 7.68. The van der Waals surface area contributed by atoms with Crippen LogP contribution in [-0.4, -0.2) is 55.2 Å². The number of nitrogens with zero attached hydrogens (tertiary/aromatic N) is 2. The number of anilines is 1. The summed E-state index contributed by atoms with van der Waals surface area (Å²) in [6.45, 7) is 6.54. The Morgan fingerprint density at radius 3 is 2.48 bits per heavy atom. The average Bonchev–Trinajstić information content (AvgIpc) is 3.72. The summed E-state index contributed by atoms with van der Waals surface area (Å²) < 4.78 is 22.4. The third-order valence-electron chi connectivity index (χ3n) is 14.1. The minimum atomic E-state index is -0.120. The zero-order valence-corrected chi connectivity index (χ0v) is 29.9. The third kappa shape index (κ3) is 5.33. The number of carbonyl (C=O) groups excluding carboxylic acids is 1. The Balaban J connectivity index is 0.761. The number of carbonyl (C=O) groups is 1. The van der Waals surface area contributed by atoms with Crippen molar-refractivity contribution >= 4 is 11.6 Å². The third-order valence-corrected chi connectivity index (χ3v) is 14.1. The van der Waals surface area contributed by atoms with Crippen molar-refractivity contribution in [3.8, 4) is 11.5 Å². The lowest BCUT2D eigenvalue weighted by Gasteiger charge is -2.54. The van der Waals surface area contributed by atoms with Crippen LogP contribution in [0.2, 0.25) is 0 Å². The molecule has 2 unspecified atom stereocenters. The van der Waals surface area contributed by atoms with Crippen LogP contribution in [0.25, 0.3) is 0 Å². The Bertz CT molecular complexity index is 2020. The van der Waals surface area contributed by atoms with Crippen molar-refractivity contribution in [3.05, 3.63) is 124 Å². The molecule has 1 saturated carbocycles. The summed E-state index contributed by atoms with van der Waals surface area (Å²) in [5.41, 5.74) is 9.06. The van der Waals surface area contributed by atoms with Gasteiger partial charge in [-0.3, -0.25) is 4.79 Å². The molecule has 2 aliphatic carbocycles. The van der Waals surface area contributed by atoms with Crippen LogP contribution in [0.4, 0.5) is 10.1 Å². The van der Waals surface area contributed by atoms with E-state index < -0.39 is 0 Å². The molecule has 4 aliphatic heterocycles. The van der Waals surface area contributed by atoms with E-state index in [2.05, 4.69) is 57.6 Å². The molecule has 2 atom stereocenters. The molecule has 0 aromatic heterocycles. The number of hydrogen-bond donors (Lipinski definition) is 2. The van der Waals surface area contributed by atoms with Crippen LogP contribution in [0.5, 0.6) is 11.5 Å². The molecule has 2 saturated heterocycles. The van der Waals surface area contributed by atoms with E-state index >= 15 is 4.39 Å². The predicted molar refractivity (Wildman–Crippen MR) is 201 cm³/mol. The van der Waals surface area contributed by atoms with Gasteiger partial charge in [0.2, 0.25) is 0 Å². The number of rotatable bonds is 5.